The maximum atomic E-state index is 12.5. The molecular weight excluding hydrogens is 298 g/mol. The predicted octanol–water partition coefficient (Wildman–Crippen LogP) is 0.656. The minimum Gasteiger partial charge on any atom is -0.370 e. The molecule has 1 aromatic heterocycles. The van der Waals surface area contributed by atoms with E-state index in [9.17, 15) is 12.6 Å². The summed E-state index contributed by atoms with van der Waals surface area (Å²) in [4.78, 5) is 4.34. The van der Waals surface area contributed by atoms with E-state index in [1.165, 1.54) is 16.6 Å². The van der Waals surface area contributed by atoms with Crippen LogP contribution in [0.3, 0.4) is 0 Å². The summed E-state index contributed by atoms with van der Waals surface area (Å²) < 4.78 is 37.7. The molecule has 0 saturated carbocycles. The van der Waals surface area contributed by atoms with Crippen LogP contribution in [0.2, 0.25) is 0 Å². The van der Waals surface area contributed by atoms with Crippen LogP contribution in [0.25, 0.3) is 0 Å². The molecule has 2 heterocycles. The summed E-state index contributed by atoms with van der Waals surface area (Å²) in [6.45, 7) is 3.41. The Morgan fingerprint density at radius 1 is 1.40 bits per heavy atom. The zero-order valence-corrected chi connectivity index (χ0v) is 13.0. The zero-order valence-electron chi connectivity index (χ0n) is 11.4. The van der Waals surface area contributed by atoms with Gasteiger partial charge in [-0.25, -0.2) is 13.4 Å². The number of hydrogen-bond acceptors (Lipinski definition) is 5. The Bertz CT molecular complexity index is 579. The monoisotopic (exact) mass is 317 g/mol. The third kappa shape index (κ3) is 3.56. The highest BCUT2D eigenvalue weighted by molar-refractivity contribution is 7.89. The molecule has 0 atom stereocenters. The van der Waals surface area contributed by atoms with Gasteiger partial charge in [0.25, 0.3) is 0 Å². The average molecular weight is 317 g/mol. The fourth-order valence-electron chi connectivity index (χ4n) is 1.93. The molecule has 0 spiro atoms. The van der Waals surface area contributed by atoms with E-state index in [-0.39, 0.29) is 4.90 Å². The predicted molar refractivity (Wildman–Crippen MR) is 79.7 cm³/mol. The highest BCUT2D eigenvalue weighted by atomic mass is 32.2. The second-order valence-electron chi connectivity index (χ2n) is 4.56. The number of nitrogens with zero attached hydrogens (tertiary/aromatic N) is 2. The first-order valence-corrected chi connectivity index (χ1v) is 9.52. The zero-order chi connectivity index (χ0) is 14.6. The molecule has 1 fully saturated rings. The Morgan fingerprint density at radius 3 is 2.75 bits per heavy atom. The maximum Gasteiger partial charge on any atom is 0.243 e. The summed E-state index contributed by atoms with van der Waals surface area (Å²) in [5, 5.41) is 3.07. The third-order valence-corrected chi connectivity index (χ3v) is 6.23. The first-order valence-electron chi connectivity index (χ1n) is 6.59. The summed E-state index contributed by atoms with van der Waals surface area (Å²) >= 11 is 0. The van der Waals surface area contributed by atoms with E-state index in [0.717, 1.165) is 13.0 Å². The Morgan fingerprint density at radius 2 is 2.10 bits per heavy atom. The lowest BCUT2D eigenvalue weighted by atomic mass is 10.4. The van der Waals surface area contributed by atoms with Gasteiger partial charge in [-0.1, -0.05) is 6.92 Å². The Labute approximate surface area is 122 Å². The third-order valence-electron chi connectivity index (χ3n) is 3.06. The molecule has 0 radical (unpaired) electrons. The number of aromatic nitrogens is 1. The van der Waals surface area contributed by atoms with Gasteiger partial charge in [-0.2, -0.15) is 4.31 Å². The van der Waals surface area contributed by atoms with E-state index < -0.39 is 20.8 Å². The highest BCUT2D eigenvalue weighted by Crippen LogP contribution is 2.19. The van der Waals surface area contributed by atoms with Gasteiger partial charge >= 0.3 is 0 Å². The lowest BCUT2D eigenvalue weighted by molar-refractivity contribution is 0.438. The smallest absolute Gasteiger partial charge is 0.243 e. The second kappa shape index (κ2) is 6.64. The van der Waals surface area contributed by atoms with Gasteiger partial charge in [0.2, 0.25) is 10.0 Å². The molecule has 20 heavy (non-hydrogen) atoms. The van der Waals surface area contributed by atoms with Crippen LogP contribution in [0.4, 0.5) is 5.82 Å². The quantitative estimate of drug-likeness (QED) is 0.863. The second-order valence-corrected chi connectivity index (χ2v) is 8.19. The van der Waals surface area contributed by atoms with E-state index in [1.54, 1.807) is 6.07 Å². The van der Waals surface area contributed by atoms with Crippen LogP contribution in [-0.4, -0.2) is 53.1 Å². The van der Waals surface area contributed by atoms with Gasteiger partial charge in [-0.15, -0.1) is 0 Å². The number of sulfonamides is 1. The van der Waals surface area contributed by atoms with Gasteiger partial charge < -0.3 is 5.32 Å². The normalized spacial score (nSPS) is 18.1. The van der Waals surface area contributed by atoms with Gasteiger partial charge in [0, 0.05) is 54.2 Å². The van der Waals surface area contributed by atoms with Crippen molar-refractivity contribution in [2.24, 2.45) is 0 Å². The molecule has 1 aromatic rings. The van der Waals surface area contributed by atoms with Crippen LogP contribution in [0.15, 0.2) is 23.2 Å². The van der Waals surface area contributed by atoms with Gasteiger partial charge in [0.05, 0.1) is 4.90 Å². The van der Waals surface area contributed by atoms with Crippen molar-refractivity contribution in [3.8, 4) is 0 Å². The minimum atomic E-state index is -3.51. The summed E-state index contributed by atoms with van der Waals surface area (Å²) in [6.07, 6.45) is 2.43. The van der Waals surface area contributed by atoms with E-state index in [2.05, 4.69) is 10.3 Å². The minimum absolute atomic E-state index is 0.235. The summed E-state index contributed by atoms with van der Waals surface area (Å²) in [5.74, 6) is 1.38. The molecule has 1 aliphatic rings. The van der Waals surface area contributed by atoms with Gasteiger partial charge in [-0.3, -0.25) is 4.21 Å². The standard InChI is InChI=1S/C12H19N3O3S2/c1-2-4-13-12-10-11(3-5-14-12)20(17,18)15-6-8-19(16)9-7-15/h3,5,10H,2,4,6-9H2,1H3,(H,13,14). The summed E-state index contributed by atoms with van der Waals surface area (Å²) in [5.41, 5.74) is 0. The number of nitrogens with one attached hydrogen (secondary N) is 1. The van der Waals surface area contributed by atoms with E-state index in [0.29, 0.717) is 30.4 Å². The number of anilines is 1. The van der Waals surface area contributed by atoms with Crippen molar-refractivity contribution in [3.63, 3.8) is 0 Å². The van der Waals surface area contributed by atoms with Crippen LogP contribution < -0.4 is 5.32 Å². The van der Waals surface area contributed by atoms with Crippen LogP contribution in [-0.2, 0) is 20.8 Å². The molecule has 0 bridgehead atoms. The van der Waals surface area contributed by atoms with Crippen LogP contribution >= 0.6 is 0 Å². The average Bonchev–Trinajstić information content (AvgIpc) is 2.46. The van der Waals surface area contributed by atoms with E-state index in [4.69, 9.17) is 0 Å². The van der Waals surface area contributed by atoms with Crippen molar-refractivity contribution in [3.05, 3.63) is 18.3 Å². The number of hydrogen-bond donors (Lipinski definition) is 1. The van der Waals surface area contributed by atoms with Crippen molar-refractivity contribution in [2.45, 2.75) is 18.2 Å². The van der Waals surface area contributed by atoms with Crippen molar-refractivity contribution >= 4 is 26.6 Å². The number of pyridine rings is 1. The molecule has 0 unspecified atom stereocenters. The van der Waals surface area contributed by atoms with Gasteiger partial charge in [0.1, 0.15) is 5.82 Å². The molecule has 0 aromatic carbocycles. The molecule has 1 saturated heterocycles. The SMILES string of the molecule is CCCNc1cc(S(=O)(=O)N2CCS(=O)CC2)ccn1. The topological polar surface area (TPSA) is 79.4 Å². The molecule has 6 nitrogen and oxygen atoms in total. The first kappa shape index (κ1) is 15.4. The Kier molecular flexibility index (Phi) is 5.11. The van der Waals surface area contributed by atoms with Crippen LogP contribution in [0, 0.1) is 0 Å². The molecule has 1 aliphatic heterocycles. The summed E-state index contributed by atoms with van der Waals surface area (Å²) in [6, 6.07) is 3.05. The van der Waals surface area contributed by atoms with Crippen LogP contribution in [0.1, 0.15) is 13.3 Å². The Hall–Kier alpha value is -0.990. The largest absolute Gasteiger partial charge is 0.370 e. The van der Waals surface area contributed by atoms with E-state index in [1.807, 2.05) is 6.92 Å². The van der Waals surface area contributed by atoms with Crippen molar-refractivity contribution in [1.29, 1.82) is 0 Å². The van der Waals surface area contributed by atoms with Gasteiger partial charge in [-0.05, 0) is 12.5 Å². The molecule has 2 rings (SSSR count). The first-order chi connectivity index (χ1) is 9.54. The van der Waals surface area contributed by atoms with Crippen LogP contribution in [0.5, 0.6) is 0 Å². The lowest BCUT2D eigenvalue weighted by Crippen LogP contribution is -2.41. The fourth-order valence-corrected chi connectivity index (χ4v) is 4.67. The lowest BCUT2D eigenvalue weighted by Gasteiger charge is -2.25. The molecular formula is C12H19N3O3S2. The molecule has 0 aliphatic carbocycles. The maximum absolute atomic E-state index is 12.5. The molecule has 0 amide bonds. The van der Waals surface area contributed by atoms with Crippen molar-refractivity contribution in [1.82, 2.24) is 9.29 Å². The van der Waals surface area contributed by atoms with Crippen molar-refractivity contribution < 1.29 is 12.6 Å². The van der Waals surface area contributed by atoms with Gasteiger partial charge in [0.15, 0.2) is 0 Å². The van der Waals surface area contributed by atoms with Crippen molar-refractivity contribution in [2.75, 3.05) is 36.5 Å². The molecule has 1 N–H and O–H groups in total. The molecule has 8 heteroatoms. The number of rotatable bonds is 5. The fraction of sp³-hybridized carbons (Fsp3) is 0.583. The highest BCUT2D eigenvalue weighted by Gasteiger charge is 2.28. The van der Waals surface area contributed by atoms with E-state index >= 15 is 0 Å². The molecule has 112 valence electrons. The Balaban J connectivity index is 2.18. The summed E-state index contributed by atoms with van der Waals surface area (Å²) in [7, 11) is -4.41.